The van der Waals surface area contributed by atoms with Gasteiger partial charge in [-0.1, -0.05) is 31.2 Å². The van der Waals surface area contributed by atoms with Crippen molar-refractivity contribution in [3.63, 3.8) is 0 Å². The molecular weight excluding hydrogens is 440 g/mol. The number of amides is 1. The monoisotopic (exact) mass is 476 g/mol. The van der Waals surface area contributed by atoms with Crippen LogP contribution in [0.15, 0.2) is 36.7 Å². The summed E-state index contributed by atoms with van der Waals surface area (Å²) in [6.07, 6.45) is 7.72. The molecule has 0 saturated carbocycles. The molecule has 5 rings (SSSR count). The van der Waals surface area contributed by atoms with Gasteiger partial charge in [0, 0.05) is 6.54 Å². The predicted molar refractivity (Wildman–Crippen MR) is 136 cm³/mol. The van der Waals surface area contributed by atoms with Gasteiger partial charge < -0.3 is 14.7 Å². The van der Waals surface area contributed by atoms with Gasteiger partial charge in [-0.3, -0.25) is 9.80 Å². The Hall–Kier alpha value is -3.13. The van der Waals surface area contributed by atoms with E-state index < -0.39 is 5.60 Å². The summed E-state index contributed by atoms with van der Waals surface area (Å²) in [5, 5.41) is 0. The number of imidazole rings is 2. The van der Waals surface area contributed by atoms with Gasteiger partial charge in [0.2, 0.25) is 0 Å². The predicted octanol–water partition coefficient (Wildman–Crippen LogP) is 5.70. The highest BCUT2D eigenvalue weighted by molar-refractivity contribution is 5.69. The van der Waals surface area contributed by atoms with E-state index in [1.54, 1.807) is 4.90 Å². The summed E-state index contributed by atoms with van der Waals surface area (Å²) in [7, 11) is 0. The molecule has 2 saturated heterocycles. The largest absolute Gasteiger partial charge is 0.444 e. The molecule has 2 aliphatic heterocycles. The van der Waals surface area contributed by atoms with Crippen LogP contribution in [-0.4, -0.2) is 61.1 Å². The van der Waals surface area contributed by atoms with E-state index in [1.165, 1.54) is 6.42 Å². The van der Waals surface area contributed by atoms with Crippen LogP contribution >= 0.6 is 0 Å². The van der Waals surface area contributed by atoms with Crippen LogP contribution in [0.4, 0.5) is 4.79 Å². The maximum absolute atomic E-state index is 12.7. The summed E-state index contributed by atoms with van der Waals surface area (Å²) in [4.78, 5) is 33.2. The molecule has 0 aliphatic carbocycles. The molecule has 1 amide bonds. The van der Waals surface area contributed by atoms with Gasteiger partial charge in [-0.2, -0.15) is 0 Å². The minimum Gasteiger partial charge on any atom is -0.444 e. The van der Waals surface area contributed by atoms with Crippen LogP contribution in [0, 0.1) is 0 Å². The van der Waals surface area contributed by atoms with Crippen molar-refractivity contribution >= 4 is 6.09 Å². The molecule has 8 nitrogen and oxygen atoms in total. The summed E-state index contributed by atoms with van der Waals surface area (Å²) >= 11 is 0. The molecule has 3 aromatic rings. The number of carbonyl (C=O) groups is 1. The maximum Gasteiger partial charge on any atom is 0.410 e. The number of carbonyl (C=O) groups excluding carboxylic acids is 1. The molecule has 0 spiro atoms. The molecule has 2 N–H and O–H groups in total. The van der Waals surface area contributed by atoms with Crippen LogP contribution in [0.2, 0.25) is 0 Å². The van der Waals surface area contributed by atoms with Crippen LogP contribution in [-0.2, 0) is 4.74 Å². The SMILES string of the molecule is CCN1CCCC1c1ncc(-c2ccc(-c3cnc(C4CCCN4C(=O)OC(C)(C)C)[nH]3)cc2)[nH]1. The average Bonchev–Trinajstić information content (AvgIpc) is 3.62. The lowest BCUT2D eigenvalue weighted by atomic mass is 10.1. The Bertz CT molecular complexity index is 1160. The lowest BCUT2D eigenvalue weighted by Gasteiger charge is -2.27. The number of benzene rings is 1. The first kappa shape index (κ1) is 23.6. The van der Waals surface area contributed by atoms with Crippen LogP contribution < -0.4 is 0 Å². The zero-order valence-corrected chi connectivity index (χ0v) is 21.2. The van der Waals surface area contributed by atoms with E-state index in [4.69, 9.17) is 4.74 Å². The fraction of sp³-hybridized carbons (Fsp3) is 0.519. The minimum atomic E-state index is -0.512. The van der Waals surface area contributed by atoms with Crippen LogP contribution in [0.3, 0.4) is 0 Å². The molecule has 2 unspecified atom stereocenters. The van der Waals surface area contributed by atoms with Gasteiger partial charge in [0.15, 0.2) is 0 Å². The molecule has 8 heteroatoms. The highest BCUT2D eigenvalue weighted by atomic mass is 16.6. The Kier molecular flexibility index (Phi) is 6.40. The fourth-order valence-corrected chi connectivity index (χ4v) is 5.24. The summed E-state index contributed by atoms with van der Waals surface area (Å²) in [6, 6.07) is 8.74. The zero-order valence-electron chi connectivity index (χ0n) is 21.2. The van der Waals surface area contributed by atoms with Gasteiger partial charge in [-0.05, 0) is 70.7 Å². The van der Waals surface area contributed by atoms with Crippen molar-refractivity contribution in [1.82, 2.24) is 29.7 Å². The van der Waals surface area contributed by atoms with E-state index in [0.717, 1.165) is 66.5 Å². The Morgan fingerprint density at radius 3 is 2.06 bits per heavy atom. The van der Waals surface area contributed by atoms with Gasteiger partial charge in [-0.25, -0.2) is 14.8 Å². The molecule has 35 heavy (non-hydrogen) atoms. The molecule has 2 aromatic heterocycles. The van der Waals surface area contributed by atoms with Gasteiger partial charge >= 0.3 is 6.09 Å². The Labute approximate surface area is 207 Å². The van der Waals surface area contributed by atoms with Gasteiger partial charge in [-0.15, -0.1) is 0 Å². The third-order valence-electron chi connectivity index (χ3n) is 6.98. The molecule has 186 valence electrons. The van der Waals surface area contributed by atoms with Crippen molar-refractivity contribution in [1.29, 1.82) is 0 Å². The van der Waals surface area contributed by atoms with Crippen molar-refractivity contribution in [2.45, 2.75) is 71.1 Å². The molecule has 2 aliphatic rings. The number of likely N-dealkylation sites (tertiary alicyclic amines) is 2. The van der Waals surface area contributed by atoms with Crippen molar-refractivity contribution in [2.24, 2.45) is 0 Å². The minimum absolute atomic E-state index is 0.0837. The molecular formula is C27H36N6O2. The Balaban J connectivity index is 1.29. The number of aromatic amines is 2. The highest BCUT2D eigenvalue weighted by Crippen LogP contribution is 2.34. The fourth-order valence-electron chi connectivity index (χ4n) is 5.24. The van der Waals surface area contributed by atoms with E-state index in [1.807, 2.05) is 33.2 Å². The molecule has 2 fully saturated rings. The number of aromatic nitrogens is 4. The Morgan fingerprint density at radius 1 is 0.943 bits per heavy atom. The quantitative estimate of drug-likeness (QED) is 0.493. The molecule has 0 radical (unpaired) electrons. The van der Waals surface area contributed by atoms with Crippen molar-refractivity contribution < 1.29 is 9.53 Å². The first-order chi connectivity index (χ1) is 16.8. The summed E-state index contributed by atoms with van der Waals surface area (Å²) < 4.78 is 5.60. The van der Waals surface area contributed by atoms with E-state index in [-0.39, 0.29) is 12.1 Å². The number of hydrogen-bond donors (Lipinski definition) is 2. The third-order valence-corrected chi connectivity index (χ3v) is 6.98. The second-order valence-corrected chi connectivity index (χ2v) is 10.6. The van der Waals surface area contributed by atoms with Crippen LogP contribution in [0.25, 0.3) is 22.5 Å². The zero-order chi connectivity index (χ0) is 24.6. The number of hydrogen-bond acceptors (Lipinski definition) is 5. The second kappa shape index (κ2) is 9.49. The van der Waals surface area contributed by atoms with E-state index in [9.17, 15) is 4.79 Å². The number of nitrogens with one attached hydrogen (secondary N) is 2. The first-order valence-electron chi connectivity index (χ1n) is 12.8. The topological polar surface area (TPSA) is 90.1 Å². The van der Waals surface area contributed by atoms with Gasteiger partial charge in [0.05, 0.1) is 35.9 Å². The van der Waals surface area contributed by atoms with Crippen molar-refractivity contribution in [3.8, 4) is 22.5 Å². The van der Waals surface area contributed by atoms with Crippen molar-refractivity contribution in [2.75, 3.05) is 19.6 Å². The van der Waals surface area contributed by atoms with E-state index >= 15 is 0 Å². The second-order valence-electron chi connectivity index (χ2n) is 10.6. The lowest BCUT2D eigenvalue weighted by molar-refractivity contribution is 0.0218. The summed E-state index contributed by atoms with van der Waals surface area (Å²) in [5.74, 6) is 1.87. The van der Waals surface area contributed by atoms with Crippen LogP contribution in [0.5, 0.6) is 0 Å². The third kappa shape index (κ3) is 4.98. The standard InChI is InChI=1S/C27H36N6O2/c1-5-32-14-6-8-22(32)24-28-16-20(30-24)18-10-12-19(13-11-18)21-17-29-25(31-21)23-9-7-15-33(23)26(34)35-27(2,3)4/h10-13,16-17,22-23H,5-9,14-15H2,1-4H3,(H,28,30)(H,29,31). The molecule has 1 aromatic carbocycles. The van der Waals surface area contributed by atoms with Gasteiger partial charge in [0.25, 0.3) is 0 Å². The Morgan fingerprint density at radius 2 is 1.49 bits per heavy atom. The summed E-state index contributed by atoms with van der Waals surface area (Å²) in [6.45, 7) is 10.8. The summed E-state index contributed by atoms with van der Waals surface area (Å²) in [5.41, 5.74) is 3.64. The first-order valence-corrected chi connectivity index (χ1v) is 12.8. The van der Waals surface area contributed by atoms with Crippen LogP contribution in [0.1, 0.15) is 77.1 Å². The normalized spacial score (nSPS) is 21.1. The van der Waals surface area contributed by atoms with E-state index in [2.05, 4.69) is 56.0 Å². The number of H-pyrrole nitrogens is 2. The molecule has 2 atom stereocenters. The number of rotatable bonds is 5. The number of nitrogens with zero attached hydrogens (tertiary/aromatic N) is 4. The number of ether oxygens (including phenoxy) is 1. The highest BCUT2D eigenvalue weighted by Gasteiger charge is 2.35. The smallest absolute Gasteiger partial charge is 0.410 e. The van der Waals surface area contributed by atoms with Crippen molar-refractivity contribution in [3.05, 3.63) is 48.3 Å². The van der Waals surface area contributed by atoms with Gasteiger partial charge in [0.1, 0.15) is 17.2 Å². The molecule has 4 heterocycles. The average molecular weight is 477 g/mol. The van der Waals surface area contributed by atoms with E-state index in [0.29, 0.717) is 12.6 Å². The molecule has 0 bridgehead atoms. The lowest BCUT2D eigenvalue weighted by Crippen LogP contribution is -2.36. The maximum atomic E-state index is 12.7.